The highest BCUT2D eigenvalue weighted by Gasteiger charge is 2.31. The molecule has 0 aromatic heterocycles. The fourth-order valence-corrected chi connectivity index (χ4v) is 4.68. The first kappa shape index (κ1) is 19.9. The highest BCUT2D eigenvalue weighted by Crippen LogP contribution is 2.35. The molecule has 0 bridgehead atoms. The van der Waals surface area contributed by atoms with Gasteiger partial charge in [-0.2, -0.15) is 0 Å². The molecule has 0 aliphatic rings. The van der Waals surface area contributed by atoms with Gasteiger partial charge in [0.15, 0.2) is 0 Å². The lowest BCUT2D eigenvalue weighted by molar-refractivity contribution is 0.415. The van der Waals surface area contributed by atoms with E-state index < -0.39 is 21.9 Å². The van der Waals surface area contributed by atoms with Gasteiger partial charge in [0.1, 0.15) is 11.6 Å². The van der Waals surface area contributed by atoms with Crippen molar-refractivity contribution in [2.75, 3.05) is 11.4 Å². The van der Waals surface area contributed by atoms with E-state index in [1.807, 2.05) is 30.3 Å². The van der Waals surface area contributed by atoms with Gasteiger partial charge in [0.2, 0.25) is 0 Å². The maximum Gasteiger partial charge on any atom is 0.264 e. The molecule has 146 valence electrons. The maximum absolute atomic E-state index is 14.1. The fourth-order valence-electron chi connectivity index (χ4n) is 3.03. The number of aryl methyl sites for hydroxylation is 1. The van der Waals surface area contributed by atoms with Crippen molar-refractivity contribution >= 4 is 15.7 Å². The molecule has 0 saturated heterocycles. The standard InChI is InChI=1S/C22H22FNO3S/c1-16-12-13-21(15-22(16)23)28(25,26)24(17(2)18-8-5-4-6-9-18)19-10-7-11-20(14-19)27-3/h4-15,17H,1-3H3/t17-/m0/s1. The third kappa shape index (κ3) is 3.87. The molecule has 0 spiro atoms. The predicted molar refractivity (Wildman–Crippen MR) is 109 cm³/mol. The zero-order chi connectivity index (χ0) is 20.3. The zero-order valence-electron chi connectivity index (χ0n) is 16.0. The van der Waals surface area contributed by atoms with Gasteiger partial charge in [-0.05, 0) is 49.2 Å². The van der Waals surface area contributed by atoms with Crippen LogP contribution in [0.3, 0.4) is 0 Å². The molecule has 0 N–H and O–H groups in total. The van der Waals surface area contributed by atoms with Crippen molar-refractivity contribution in [2.24, 2.45) is 0 Å². The molecule has 0 aliphatic heterocycles. The number of hydrogen-bond acceptors (Lipinski definition) is 3. The van der Waals surface area contributed by atoms with Crippen molar-refractivity contribution < 1.29 is 17.5 Å². The Kier molecular flexibility index (Phi) is 5.70. The minimum atomic E-state index is -4.03. The Morgan fingerprint density at radius 1 is 0.964 bits per heavy atom. The summed E-state index contributed by atoms with van der Waals surface area (Å²) in [4.78, 5) is -0.0961. The molecule has 1 atom stereocenters. The largest absolute Gasteiger partial charge is 0.497 e. The molecule has 0 saturated carbocycles. The second kappa shape index (κ2) is 8.02. The normalized spacial score (nSPS) is 12.4. The summed E-state index contributed by atoms with van der Waals surface area (Å²) in [6, 6.07) is 19.6. The summed E-state index contributed by atoms with van der Waals surface area (Å²) < 4.78 is 47.7. The molecule has 3 aromatic carbocycles. The van der Waals surface area contributed by atoms with E-state index >= 15 is 0 Å². The molecule has 0 amide bonds. The van der Waals surface area contributed by atoms with Crippen LogP contribution >= 0.6 is 0 Å². The van der Waals surface area contributed by atoms with Crippen molar-refractivity contribution in [3.05, 3.63) is 89.7 Å². The predicted octanol–water partition coefficient (Wildman–Crippen LogP) is 5.10. The van der Waals surface area contributed by atoms with Gasteiger partial charge in [-0.25, -0.2) is 12.8 Å². The minimum absolute atomic E-state index is 0.0961. The topological polar surface area (TPSA) is 46.6 Å². The number of ether oxygens (including phenoxy) is 1. The number of halogens is 1. The Morgan fingerprint density at radius 2 is 1.68 bits per heavy atom. The van der Waals surface area contributed by atoms with E-state index in [0.717, 1.165) is 11.6 Å². The van der Waals surface area contributed by atoms with E-state index in [2.05, 4.69) is 0 Å². The summed E-state index contributed by atoms with van der Waals surface area (Å²) in [5, 5.41) is 0. The van der Waals surface area contributed by atoms with Crippen molar-refractivity contribution in [2.45, 2.75) is 24.8 Å². The summed E-state index contributed by atoms with van der Waals surface area (Å²) in [7, 11) is -2.51. The molecule has 28 heavy (non-hydrogen) atoms. The molecule has 4 nitrogen and oxygen atoms in total. The monoisotopic (exact) mass is 399 g/mol. The fraction of sp³-hybridized carbons (Fsp3) is 0.182. The first-order chi connectivity index (χ1) is 13.3. The summed E-state index contributed by atoms with van der Waals surface area (Å²) in [5.41, 5.74) is 1.65. The maximum atomic E-state index is 14.1. The lowest BCUT2D eigenvalue weighted by atomic mass is 10.1. The van der Waals surface area contributed by atoms with Crippen LogP contribution in [-0.4, -0.2) is 15.5 Å². The Hall–Kier alpha value is -2.86. The second-order valence-corrected chi connectivity index (χ2v) is 8.31. The third-order valence-corrected chi connectivity index (χ3v) is 6.54. The van der Waals surface area contributed by atoms with Crippen LogP contribution < -0.4 is 9.04 Å². The van der Waals surface area contributed by atoms with Crippen LogP contribution in [0, 0.1) is 12.7 Å². The highest BCUT2D eigenvalue weighted by atomic mass is 32.2. The van der Waals surface area contributed by atoms with Crippen LogP contribution in [0.1, 0.15) is 24.1 Å². The molecule has 0 unspecified atom stereocenters. The Labute approximate surface area is 165 Å². The zero-order valence-corrected chi connectivity index (χ0v) is 16.8. The second-order valence-electron chi connectivity index (χ2n) is 6.50. The van der Waals surface area contributed by atoms with Crippen molar-refractivity contribution in [1.29, 1.82) is 0 Å². The van der Waals surface area contributed by atoms with Crippen LogP contribution in [0.2, 0.25) is 0 Å². The number of hydrogen-bond donors (Lipinski definition) is 0. The van der Waals surface area contributed by atoms with Crippen LogP contribution in [0.25, 0.3) is 0 Å². The molecule has 0 aliphatic carbocycles. The summed E-state index contributed by atoms with van der Waals surface area (Å²) in [5.74, 6) is -0.0212. The smallest absolute Gasteiger partial charge is 0.264 e. The van der Waals surface area contributed by atoms with E-state index in [1.54, 1.807) is 38.1 Å². The molecule has 3 rings (SSSR count). The Bertz CT molecular complexity index is 1070. The summed E-state index contributed by atoms with van der Waals surface area (Å²) in [6.07, 6.45) is 0. The van der Waals surface area contributed by atoms with E-state index in [-0.39, 0.29) is 4.90 Å². The number of rotatable bonds is 6. The number of sulfonamides is 1. The molecule has 0 radical (unpaired) electrons. The van der Waals surface area contributed by atoms with E-state index in [4.69, 9.17) is 4.74 Å². The SMILES string of the molecule is COc1cccc(N([C@@H](C)c2ccccc2)S(=O)(=O)c2ccc(C)c(F)c2)c1. The quantitative estimate of drug-likeness (QED) is 0.579. The van der Waals surface area contributed by atoms with Gasteiger partial charge in [0, 0.05) is 6.07 Å². The number of nitrogens with zero attached hydrogens (tertiary/aromatic N) is 1. The molecule has 6 heteroatoms. The summed E-state index contributed by atoms with van der Waals surface area (Å²) >= 11 is 0. The van der Waals surface area contributed by atoms with Crippen LogP contribution in [0.15, 0.2) is 77.7 Å². The van der Waals surface area contributed by atoms with Crippen LogP contribution in [-0.2, 0) is 10.0 Å². The van der Waals surface area contributed by atoms with E-state index in [0.29, 0.717) is 17.0 Å². The first-order valence-electron chi connectivity index (χ1n) is 8.84. The van der Waals surface area contributed by atoms with Gasteiger partial charge in [-0.1, -0.05) is 42.5 Å². The third-order valence-electron chi connectivity index (χ3n) is 4.64. The number of benzene rings is 3. The molecule has 3 aromatic rings. The van der Waals surface area contributed by atoms with Crippen molar-refractivity contribution in [1.82, 2.24) is 0 Å². The van der Waals surface area contributed by atoms with Gasteiger partial charge in [0.25, 0.3) is 10.0 Å². The van der Waals surface area contributed by atoms with Gasteiger partial charge < -0.3 is 4.74 Å². The number of anilines is 1. The van der Waals surface area contributed by atoms with Gasteiger partial charge in [-0.3, -0.25) is 4.31 Å². The van der Waals surface area contributed by atoms with Crippen molar-refractivity contribution in [3.8, 4) is 5.75 Å². The van der Waals surface area contributed by atoms with Gasteiger partial charge >= 0.3 is 0 Å². The lowest BCUT2D eigenvalue weighted by Gasteiger charge is -2.31. The van der Waals surface area contributed by atoms with Gasteiger partial charge in [0.05, 0.1) is 23.7 Å². The van der Waals surface area contributed by atoms with E-state index in [9.17, 15) is 12.8 Å². The lowest BCUT2D eigenvalue weighted by Crippen LogP contribution is -2.33. The summed E-state index contributed by atoms with van der Waals surface area (Å²) in [6.45, 7) is 3.40. The van der Waals surface area contributed by atoms with Crippen molar-refractivity contribution in [3.63, 3.8) is 0 Å². The Morgan fingerprint density at radius 3 is 2.32 bits per heavy atom. The van der Waals surface area contributed by atoms with Crippen LogP contribution in [0.5, 0.6) is 5.75 Å². The highest BCUT2D eigenvalue weighted by molar-refractivity contribution is 7.92. The minimum Gasteiger partial charge on any atom is -0.497 e. The average molecular weight is 399 g/mol. The number of methoxy groups -OCH3 is 1. The Balaban J connectivity index is 2.18. The average Bonchev–Trinajstić information content (AvgIpc) is 2.70. The van der Waals surface area contributed by atoms with E-state index in [1.165, 1.54) is 23.5 Å². The molecule has 0 fully saturated rings. The molecular formula is C22H22FNO3S. The molecule has 0 heterocycles. The van der Waals surface area contributed by atoms with Gasteiger partial charge in [-0.15, -0.1) is 0 Å². The molecular weight excluding hydrogens is 377 g/mol. The first-order valence-corrected chi connectivity index (χ1v) is 10.3. The van der Waals surface area contributed by atoms with Crippen LogP contribution in [0.4, 0.5) is 10.1 Å².